The molecule has 4 aromatic rings. The van der Waals surface area contributed by atoms with Gasteiger partial charge >= 0.3 is 0 Å². The third kappa shape index (κ3) is 4.62. The average Bonchev–Trinajstić information content (AvgIpc) is 3.03. The van der Waals surface area contributed by atoms with Crippen molar-refractivity contribution in [2.45, 2.75) is 23.3 Å². The van der Waals surface area contributed by atoms with Gasteiger partial charge in [0.15, 0.2) is 0 Å². The number of aromatic nitrogens is 1. The molecule has 1 aromatic heterocycles. The predicted octanol–water partition coefficient (Wildman–Crippen LogP) is 5.99. The van der Waals surface area contributed by atoms with Gasteiger partial charge in [-0.2, -0.15) is 0 Å². The third-order valence-corrected chi connectivity index (χ3v) is 5.83. The van der Waals surface area contributed by atoms with Crippen molar-refractivity contribution >= 4 is 39.9 Å². The number of para-hydroxylation sites is 1. The summed E-state index contributed by atoms with van der Waals surface area (Å²) in [5, 5.41) is 14.9. The summed E-state index contributed by atoms with van der Waals surface area (Å²) in [5.74, 6) is -1.58. The molecule has 0 fully saturated rings. The van der Waals surface area contributed by atoms with Crippen LogP contribution in [0.5, 0.6) is 0 Å². The van der Waals surface area contributed by atoms with Crippen molar-refractivity contribution < 1.29 is 18.5 Å². The normalized spacial score (nSPS) is 11.0. The lowest BCUT2D eigenvalue weighted by Crippen LogP contribution is -2.06. The molecule has 0 unspecified atom stereocenters. The Bertz CT molecular complexity index is 1330. The Balaban J connectivity index is 1.81. The van der Waals surface area contributed by atoms with Crippen LogP contribution in [0.25, 0.3) is 10.9 Å². The van der Waals surface area contributed by atoms with E-state index in [1.807, 2.05) is 0 Å². The largest absolute Gasteiger partial charge is 0.342 e. The van der Waals surface area contributed by atoms with Gasteiger partial charge in [0.2, 0.25) is 5.91 Å². The van der Waals surface area contributed by atoms with E-state index in [-0.39, 0.29) is 18.1 Å². The van der Waals surface area contributed by atoms with Crippen LogP contribution in [0.3, 0.4) is 0 Å². The van der Waals surface area contributed by atoms with Crippen LogP contribution < -0.4 is 5.32 Å². The van der Waals surface area contributed by atoms with E-state index in [0.717, 1.165) is 16.3 Å². The molecule has 0 aliphatic heterocycles. The molecular formula is C23H17F2N3O3S. The van der Waals surface area contributed by atoms with Crippen LogP contribution >= 0.6 is 11.8 Å². The molecule has 0 aliphatic rings. The Hall–Kier alpha value is -3.72. The van der Waals surface area contributed by atoms with E-state index in [1.54, 1.807) is 47.2 Å². The molecule has 162 valence electrons. The van der Waals surface area contributed by atoms with Crippen molar-refractivity contribution in [1.82, 2.24) is 4.57 Å². The number of anilines is 1. The lowest BCUT2D eigenvalue weighted by molar-refractivity contribution is -0.387. The van der Waals surface area contributed by atoms with E-state index >= 15 is 0 Å². The second-order valence-electron chi connectivity index (χ2n) is 7.14. The van der Waals surface area contributed by atoms with Crippen LogP contribution in [0.2, 0.25) is 0 Å². The number of rotatable bonds is 6. The molecule has 0 saturated carbocycles. The van der Waals surface area contributed by atoms with Crippen molar-refractivity contribution in [3.63, 3.8) is 0 Å². The van der Waals surface area contributed by atoms with Crippen molar-refractivity contribution in [3.05, 3.63) is 94.2 Å². The monoisotopic (exact) mass is 453 g/mol. The summed E-state index contributed by atoms with van der Waals surface area (Å²) in [4.78, 5) is 23.7. The first-order valence-electron chi connectivity index (χ1n) is 9.57. The standard InChI is InChI=1S/C23H17F2N3O3S/c1-14(29)26-18-6-7-19-21(11-18)27(12-15-8-16(24)10-17(25)9-15)13-23(19)32-22-5-3-2-4-20(22)28(30)31/h2-11,13H,12H2,1H3,(H,26,29). The predicted molar refractivity (Wildman–Crippen MR) is 119 cm³/mol. The number of carbonyl (C=O) groups excluding carboxylic acids is 1. The Kier molecular flexibility index (Phi) is 5.91. The van der Waals surface area contributed by atoms with Gasteiger partial charge in [-0.1, -0.05) is 23.9 Å². The lowest BCUT2D eigenvalue weighted by atomic mass is 10.2. The number of nitro groups is 1. The van der Waals surface area contributed by atoms with E-state index in [4.69, 9.17) is 0 Å². The van der Waals surface area contributed by atoms with Gasteiger partial charge in [0.05, 0.1) is 15.3 Å². The number of nitrogens with one attached hydrogen (secondary N) is 1. The molecule has 6 nitrogen and oxygen atoms in total. The first-order valence-corrected chi connectivity index (χ1v) is 10.4. The fraction of sp³-hybridized carbons (Fsp3) is 0.0870. The highest BCUT2D eigenvalue weighted by molar-refractivity contribution is 7.99. The van der Waals surface area contributed by atoms with Gasteiger partial charge in [-0.3, -0.25) is 14.9 Å². The maximum Gasteiger partial charge on any atom is 0.283 e. The minimum Gasteiger partial charge on any atom is -0.342 e. The molecule has 0 bridgehead atoms. The molecular weight excluding hydrogens is 436 g/mol. The Morgan fingerprint density at radius 1 is 1.06 bits per heavy atom. The van der Waals surface area contributed by atoms with Gasteiger partial charge < -0.3 is 9.88 Å². The number of hydrogen-bond acceptors (Lipinski definition) is 4. The Labute approximate surface area is 186 Å². The van der Waals surface area contributed by atoms with Gasteiger partial charge in [0, 0.05) is 47.8 Å². The van der Waals surface area contributed by atoms with Crippen LogP contribution in [0.15, 0.2) is 76.7 Å². The molecule has 3 aromatic carbocycles. The zero-order valence-electron chi connectivity index (χ0n) is 16.8. The number of amides is 1. The summed E-state index contributed by atoms with van der Waals surface area (Å²) in [6.45, 7) is 1.57. The number of hydrogen-bond donors (Lipinski definition) is 1. The molecule has 9 heteroatoms. The fourth-order valence-corrected chi connectivity index (χ4v) is 4.56. The Morgan fingerprint density at radius 3 is 2.47 bits per heavy atom. The Morgan fingerprint density at radius 2 is 1.78 bits per heavy atom. The van der Waals surface area contributed by atoms with Gasteiger partial charge in [-0.05, 0) is 42.0 Å². The molecule has 1 amide bonds. The zero-order valence-corrected chi connectivity index (χ0v) is 17.7. The number of nitro benzene ring substituents is 1. The van der Waals surface area contributed by atoms with Gasteiger partial charge in [-0.15, -0.1) is 0 Å². The van der Waals surface area contributed by atoms with E-state index in [1.165, 1.54) is 36.9 Å². The highest BCUT2D eigenvalue weighted by Gasteiger charge is 2.18. The van der Waals surface area contributed by atoms with Gasteiger partial charge in [0.25, 0.3) is 5.69 Å². The van der Waals surface area contributed by atoms with Crippen LogP contribution in [0.4, 0.5) is 20.2 Å². The van der Waals surface area contributed by atoms with Gasteiger partial charge in [-0.25, -0.2) is 8.78 Å². The van der Waals surface area contributed by atoms with E-state index in [2.05, 4.69) is 5.32 Å². The van der Waals surface area contributed by atoms with E-state index in [0.29, 0.717) is 21.7 Å². The number of fused-ring (bicyclic) bond motifs is 1. The van der Waals surface area contributed by atoms with E-state index in [9.17, 15) is 23.7 Å². The minimum atomic E-state index is -0.676. The molecule has 0 spiro atoms. The maximum atomic E-state index is 13.7. The summed E-state index contributed by atoms with van der Waals surface area (Å²) in [6, 6.07) is 15.0. The number of benzene rings is 3. The molecule has 4 rings (SSSR count). The summed E-state index contributed by atoms with van der Waals surface area (Å²) in [6.07, 6.45) is 1.78. The summed E-state index contributed by atoms with van der Waals surface area (Å²) >= 11 is 1.23. The molecule has 0 radical (unpaired) electrons. The summed E-state index contributed by atoms with van der Waals surface area (Å²) < 4.78 is 29.2. The number of halogens is 2. The summed E-state index contributed by atoms with van der Waals surface area (Å²) in [7, 11) is 0. The van der Waals surface area contributed by atoms with Gasteiger partial charge in [0.1, 0.15) is 11.6 Å². The van der Waals surface area contributed by atoms with Crippen LogP contribution in [-0.2, 0) is 11.3 Å². The second kappa shape index (κ2) is 8.80. The summed E-state index contributed by atoms with van der Waals surface area (Å²) in [5.41, 5.74) is 1.69. The number of nitrogens with zero attached hydrogens (tertiary/aromatic N) is 2. The molecule has 1 N–H and O–H groups in total. The molecule has 0 atom stereocenters. The highest BCUT2D eigenvalue weighted by atomic mass is 32.2. The molecule has 0 saturated heterocycles. The average molecular weight is 453 g/mol. The third-order valence-electron chi connectivity index (χ3n) is 4.72. The smallest absolute Gasteiger partial charge is 0.283 e. The van der Waals surface area contributed by atoms with Crippen molar-refractivity contribution in [2.75, 3.05) is 5.32 Å². The highest BCUT2D eigenvalue weighted by Crippen LogP contribution is 2.40. The van der Waals surface area contributed by atoms with Crippen molar-refractivity contribution in [1.29, 1.82) is 0 Å². The van der Waals surface area contributed by atoms with Crippen LogP contribution in [0.1, 0.15) is 12.5 Å². The SMILES string of the molecule is CC(=O)Nc1ccc2c(Sc3ccccc3[N+](=O)[O-])cn(Cc3cc(F)cc(F)c3)c2c1. The maximum absolute atomic E-state index is 13.7. The molecule has 1 heterocycles. The first-order chi connectivity index (χ1) is 15.3. The molecule has 32 heavy (non-hydrogen) atoms. The fourth-order valence-electron chi connectivity index (χ4n) is 3.46. The quantitative estimate of drug-likeness (QED) is 0.288. The zero-order chi connectivity index (χ0) is 22.8. The topological polar surface area (TPSA) is 77.2 Å². The second-order valence-corrected chi connectivity index (χ2v) is 8.22. The van der Waals surface area contributed by atoms with Crippen LogP contribution in [0, 0.1) is 21.7 Å². The minimum absolute atomic E-state index is 0.0135. The van der Waals surface area contributed by atoms with Crippen LogP contribution in [-0.4, -0.2) is 15.4 Å². The lowest BCUT2D eigenvalue weighted by Gasteiger charge is -2.08. The van der Waals surface area contributed by atoms with Crippen molar-refractivity contribution in [3.8, 4) is 0 Å². The van der Waals surface area contributed by atoms with Crippen molar-refractivity contribution in [2.24, 2.45) is 0 Å². The molecule has 0 aliphatic carbocycles. The first kappa shape index (κ1) is 21.5. The van der Waals surface area contributed by atoms with E-state index < -0.39 is 16.6 Å². The number of carbonyl (C=O) groups is 1.